The van der Waals surface area contributed by atoms with Crippen LogP contribution in [0.2, 0.25) is 0 Å². The maximum Gasteiger partial charge on any atom is 0.178 e. The largest absolute Gasteiger partial charge is 0.253 e. The fourth-order valence-electron chi connectivity index (χ4n) is 0.925. The van der Waals surface area contributed by atoms with Crippen molar-refractivity contribution in [2.45, 2.75) is 0 Å². The number of nitrogens with zero attached hydrogens (tertiary/aromatic N) is 3. The second kappa shape index (κ2) is 3.09. The summed E-state index contributed by atoms with van der Waals surface area (Å²) >= 11 is 0. The van der Waals surface area contributed by atoms with Gasteiger partial charge in [-0.25, -0.2) is 9.98 Å². The topological polar surface area (TPSA) is 37.6 Å². The molecule has 58 valence electrons. The maximum absolute atomic E-state index is 4.16. The van der Waals surface area contributed by atoms with E-state index in [1.807, 2.05) is 24.3 Å². The molecule has 0 bridgehead atoms. The maximum atomic E-state index is 4.16. The molecule has 2 heterocycles. The zero-order valence-corrected chi connectivity index (χ0v) is 6.38. The minimum Gasteiger partial charge on any atom is -0.253 e. The molecule has 0 spiro atoms. The Morgan fingerprint density at radius 2 is 1.83 bits per heavy atom. The molecular weight excluding hydrogens is 150 g/mol. The van der Waals surface area contributed by atoms with E-state index in [-0.39, 0.29) is 0 Å². The third-order valence-corrected chi connectivity index (χ3v) is 1.46. The van der Waals surface area contributed by atoms with Crippen molar-refractivity contribution < 1.29 is 0 Å². The number of hydrogen-bond acceptors (Lipinski definition) is 3. The van der Waals surface area contributed by atoms with Crippen molar-refractivity contribution in [3.05, 3.63) is 30.5 Å². The molecule has 0 aromatic carbocycles. The summed E-state index contributed by atoms with van der Waals surface area (Å²) in [5.41, 5.74) is 0.804. The number of hydrogen-bond donors (Lipinski definition) is 0. The summed E-state index contributed by atoms with van der Waals surface area (Å²) in [6, 6.07) is 3.73. The van der Waals surface area contributed by atoms with Crippen molar-refractivity contribution in [3.63, 3.8) is 0 Å². The third-order valence-electron chi connectivity index (χ3n) is 1.46. The summed E-state index contributed by atoms with van der Waals surface area (Å²) in [6.45, 7) is 0. The van der Waals surface area contributed by atoms with E-state index in [1.54, 1.807) is 18.6 Å². The number of rotatable bonds is 0. The molecule has 0 saturated carbocycles. The molecule has 1 aromatic rings. The Morgan fingerprint density at radius 1 is 1.00 bits per heavy atom. The molecule has 1 aliphatic rings. The van der Waals surface area contributed by atoms with E-state index in [4.69, 9.17) is 0 Å². The molecule has 0 N–H and O–H groups in total. The van der Waals surface area contributed by atoms with Crippen LogP contribution >= 0.6 is 0 Å². The molecule has 0 aliphatic carbocycles. The summed E-state index contributed by atoms with van der Waals surface area (Å²) in [4.78, 5) is 12.3. The van der Waals surface area contributed by atoms with Gasteiger partial charge in [-0.15, -0.1) is 0 Å². The van der Waals surface area contributed by atoms with Crippen LogP contribution in [0.3, 0.4) is 0 Å². The molecule has 0 fully saturated rings. The third kappa shape index (κ3) is 1.29. The van der Waals surface area contributed by atoms with Crippen molar-refractivity contribution in [1.82, 2.24) is 4.98 Å². The minimum atomic E-state index is 0.665. The van der Waals surface area contributed by atoms with Crippen molar-refractivity contribution in [3.8, 4) is 0 Å². The lowest BCUT2D eigenvalue weighted by atomic mass is 10.4. The van der Waals surface area contributed by atoms with Crippen molar-refractivity contribution >= 4 is 23.9 Å². The van der Waals surface area contributed by atoms with E-state index in [0.717, 1.165) is 5.69 Å². The average molecular weight is 157 g/mol. The van der Waals surface area contributed by atoms with Crippen LogP contribution in [0.1, 0.15) is 0 Å². The highest BCUT2D eigenvalue weighted by Crippen LogP contribution is 2.23. The summed E-state index contributed by atoms with van der Waals surface area (Å²) in [7, 11) is 0. The molecule has 1 aliphatic heterocycles. The molecule has 0 amide bonds. The van der Waals surface area contributed by atoms with Gasteiger partial charge in [0.2, 0.25) is 0 Å². The Kier molecular flexibility index (Phi) is 1.78. The predicted octanol–water partition coefficient (Wildman–Crippen LogP) is 2.06. The summed E-state index contributed by atoms with van der Waals surface area (Å²) in [5.74, 6) is 0.665. The van der Waals surface area contributed by atoms with Crippen LogP contribution in [0.5, 0.6) is 0 Å². The number of allylic oxidation sites excluding steroid dienone is 2. The zero-order valence-electron chi connectivity index (χ0n) is 6.38. The summed E-state index contributed by atoms with van der Waals surface area (Å²) in [5, 5.41) is 0. The summed E-state index contributed by atoms with van der Waals surface area (Å²) < 4.78 is 0. The first kappa shape index (κ1) is 6.91. The Bertz CT molecular complexity index is 329. The first-order chi connectivity index (χ1) is 5.97. The van der Waals surface area contributed by atoms with E-state index in [2.05, 4.69) is 15.0 Å². The SMILES string of the molecule is C1=Nc2cccnc2/N=C\C=C/1. The van der Waals surface area contributed by atoms with Gasteiger partial charge < -0.3 is 0 Å². The number of aromatic nitrogens is 1. The van der Waals surface area contributed by atoms with Gasteiger partial charge in [0, 0.05) is 18.6 Å². The molecule has 0 radical (unpaired) electrons. The molecule has 0 atom stereocenters. The van der Waals surface area contributed by atoms with E-state index in [1.165, 1.54) is 0 Å². The lowest BCUT2D eigenvalue weighted by Gasteiger charge is -1.97. The highest BCUT2D eigenvalue weighted by Gasteiger charge is 1.97. The molecular formula is C9H7N3. The first-order valence-corrected chi connectivity index (χ1v) is 3.65. The van der Waals surface area contributed by atoms with Crippen molar-refractivity contribution in [2.75, 3.05) is 0 Å². The van der Waals surface area contributed by atoms with Crippen LogP contribution in [0, 0.1) is 0 Å². The van der Waals surface area contributed by atoms with E-state index >= 15 is 0 Å². The average Bonchev–Trinajstić information content (AvgIpc) is 2.06. The van der Waals surface area contributed by atoms with Gasteiger partial charge >= 0.3 is 0 Å². The van der Waals surface area contributed by atoms with E-state index in [9.17, 15) is 0 Å². The fourth-order valence-corrected chi connectivity index (χ4v) is 0.925. The quantitative estimate of drug-likeness (QED) is 0.568. The van der Waals surface area contributed by atoms with Crippen LogP contribution in [0.25, 0.3) is 0 Å². The smallest absolute Gasteiger partial charge is 0.178 e. The van der Waals surface area contributed by atoms with Gasteiger partial charge in [-0.05, 0) is 24.3 Å². The normalized spacial score (nSPS) is 19.0. The Balaban J connectivity index is 2.54. The Hall–Kier alpha value is -1.77. The molecule has 2 rings (SSSR count). The lowest BCUT2D eigenvalue weighted by molar-refractivity contribution is 1.26. The molecule has 0 saturated heterocycles. The van der Waals surface area contributed by atoms with Crippen LogP contribution in [-0.4, -0.2) is 17.4 Å². The summed E-state index contributed by atoms with van der Waals surface area (Å²) in [6.07, 6.45) is 8.79. The van der Waals surface area contributed by atoms with Crippen molar-refractivity contribution in [1.29, 1.82) is 0 Å². The Morgan fingerprint density at radius 3 is 2.75 bits per heavy atom. The highest BCUT2D eigenvalue weighted by atomic mass is 14.9. The van der Waals surface area contributed by atoms with Gasteiger partial charge in [0.05, 0.1) is 0 Å². The predicted molar refractivity (Wildman–Crippen MR) is 49.7 cm³/mol. The van der Waals surface area contributed by atoms with Crippen LogP contribution < -0.4 is 0 Å². The van der Waals surface area contributed by atoms with Gasteiger partial charge in [0.25, 0.3) is 0 Å². The number of fused-ring (bicyclic) bond motifs is 1. The van der Waals surface area contributed by atoms with Gasteiger partial charge in [-0.3, -0.25) is 4.99 Å². The van der Waals surface area contributed by atoms with Crippen LogP contribution in [0.4, 0.5) is 11.5 Å². The van der Waals surface area contributed by atoms with Gasteiger partial charge in [0.15, 0.2) is 5.82 Å². The molecule has 3 heteroatoms. The second-order valence-corrected chi connectivity index (χ2v) is 2.29. The fraction of sp³-hybridized carbons (Fsp3) is 0. The van der Waals surface area contributed by atoms with E-state index < -0.39 is 0 Å². The zero-order chi connectivity index (χ0) is 8.23. The first-order valence-electron chi connectivity index (χ1n) is 3.65. The standard InChI is InChI=1S/C9H7N3/c1-2-6-11-9-8(10-5-1)4-3-7-12-9/h1-7H/b2-1-,5-1?,6-2?,10-5?,10-8?,11-6-,11-9?. The monoisotopic (exact) mass is 157 g/mol. The molecule has 1 aromatic heterocycles. The second-order valence-electron chi connectivity index (χ2n) is 2.29. The highest BCUT2D eigenvalue weighted by molar-refractivity contribution is 5.87. The minimum absolute atomic E-state index is 0.665. The molecule has 0 unspecified atom stereocenters. The number of aliphatic imine (C=N–C) groups is 2. The van der Waals surface area contributed by atoms with Gasteiger partial charge in [0.1, 0.15) is 5.69 Å². The lowest BCUT2D eigenvalue weighted by Crippen LogP contribution is -1.78. The molecule has 3 nitrogen and oxygen atoms in total. The van der Waals surface area contributed by atoms with Crippen LogP contribution in [-0.2, 0) is 0 Å². The van der Waals surface area contributed by atoms with Gasteiger partial charge in [-0.1, -0.05) is 0 Å². The Labute approximate surface area is 70.2 Å². The van der Waals surface area contributed by atoms with Crippen LogP contribution in [0.15, 0.2) is 40.5 Å². The van der Waals surface area contributed by atoms with E-state index in [0.29, 0.717) is 5.82 Å². The van der Waals surface area contributed by atoms with Crippen molar-refractivity contribution in [2.24, 2.45) is 9.98 Å². The van der Waals surface area contributed by atoms with Gasteiger partial charge in [-0.2, -0.15) is 0 Å². The molecule has 12 heavy (non-hydrogen) atoms. The number of pyridine rings is 1.